The first-order chi connectivity index (χ1) is 6.68. The molecule has 0 aliphatic heterocycles. The second kappa shape index (κ2) is 5.78. The molecule has 0 spiro atoms. The number of nitrogens with two attached hydrogens (primary N) is 1. The van der Waals surface area contributed by atoms with Gasteiger partial charge in [0.2, 0.25) is 0 Å². The third kappa shape index (κ3) is 4.39. The molecule has 0 saturated carbocycles. The number of carbonyl (C=O) groups excluding carboxylic acids is 1. The van der Waals surface area contributed by atoms with Crippen LogP contribution in [0.25, 0.3) is 0 Å². The minimum atomic E-state index is -0.989. The van der Waals surface area contributed by atoms with Crippen LogP contribution in [0.5, 0.6) is 0 Å². The van der Waals surface area contributed by atoms with E-state index < -0.39 is 5.97 Å². The van der Waals surface area contributed by atoms with Crippen molar-refractivity contribution in [2.75, 3.05) is 6.54 Å². The normalized spacial score (nSPS) is 10.1. The van der Waals surface area contributed by atoms with Crippen molar-refractivity contribution in [1.29, 1.82) is 0 Å². The van der Waals surface area contributed by atoms with Crippen LogP contribution in [0.3, 0.4) is 0 Å². The fraction of sp³-hybridized carbons (Fsp3) is 0.300. The quantitative estimate of drug-likeness (QED) is 0.734. The van der Waals surface area contributed by atoms with Crippen LogP contribution >= 0.6 is 15.9 Å². The zero-order valence-electron chi connectivity index (χ0n) is 7.70. The number of rotatable bonds is 5. The minimum Gasteiger partial charge on any atom is -0.550 e. The summed E-state index contributed by atoms with van der Waals surface area (Å²) >= 11 is 3.35. The number of carboxylic acid groups (broad SMARTS) is 1. The molecule has 1 aromatic carbocycles. The molecule has 14 heavy (non-hydrogen) atoms. The summed E-state index contributed by atoms with van der Waals surface area (Å²) in [4.78, 5) is 10.1. The van der Waals surface area contributed by atoms with Crippen molar-refractivity contribution in [2.45, 2.75) is 13.0 Å². The molecule has 0 aliphatic carbocycles. The van der Waals surface area contributed by atoms with Crippen molar-refractivity contribution in [1.82, 2.24) is 0 Å². The van der Waals surface area contributed by atoms with Gasteiger partial charge in [-0.2, -0.15) is 0 Å². The summed E-state index contributed by atoms with van der Waals surface area (Å²) in [5.74, 6) is -0.989. The lowest BCUT2D eigenvalue weighted by Crippen LogP contribution is -2.83. The Morgan fingerprint density at radius 2 is 2.00 bits per heavy atom. The van der Waals surface area contributed by atoms with Gasteiger partial charge in [0.1, 0.15) is 6.54 Å². The molecule has 0 aromatic heterocycles. The molecular formula is C10H12BrNO2. The second-order valence-electron chi connectivity index (χ2n) is 3.03. The van der Waals surface area contributed by atoms with E-state index in [0.717, 1.165) is 11.0 Å². The maximum atomic E-state index is 10.1. The molecule has 3 nitrogen and oxygen atoms in total. The molecule has 0 saturated heterocycles. The summed E-state index contributed by atoms with van der Waals surface area (Å²) in [7, 11) is 0. The molecule has 0 bridgehead atoms. The van der Waals surface area contributed by atoms with Crippen molar-refractivity contribution in [3.8, 4) is 0 Å². The Labute approximate surface area is 91.3 Å². The van der Waals surface area contributed by atoms with E-state index in [0.29, 0.717) is 6.54 Å². The van der Waals surface area contributed by atoms with Gasteiger partial charge in [-0.1, -0.05) is 28.1 Å². The van der Waals surface area contributed by atoms with Crippen LogP contribution in [-0.4, -0.2) is 12.5 Å². The summed E-state index contributed by atoms with van der Waals surface area (Å²) < 4.78 is 1.05. The van der Waals surface area contributed by atoms with Gasteiger partial charge in [-0.3, -0.25) is 0 Å². The standard InChI is InChI=1S/C10H12BrNO2/c11-9-3-1-8(2-4-9)7-12-6-5-10(13)14/h1-4,12H,5-7H2,(H,13,14). The van der Waals surface area contributed by atoms with Crippen LogP contribution < -0.4 is 10.4 Å². The third-order valence-corrected chi connectivity index (χ3v) is 2.37. The number of carboxylic acids is 1. The highest BCUT2D eigenvalue weighted by atomic mass is 79.9. The third-order valence-electron chi connectivity index (χ3n) is 1.85. The summed E-state index contributed by atoms with van der Waals surface area (Å²) in [5.41, 5.74) is 1.19. The fourth-order valence-corrected chi connectivity index (χ4v) is 1.37. The van der Waals surface area contributed by atoms with E-state index in [1.54, 1.807) is 0 Å². The molecule has 76 valence electrons. The zero-order valence-corrected chi connectivity index (χ0v) is 9.29. The molecule has 1 rings (SSSR count). The summed E-state index contributed by atoms with van der Waals surface area (Å²) in [6.07, 6.45) is 0.108. The van der Waals surface area contributed by atoms with E-state index >= 15 is 0 Å². The van der Waals surface area contributed by atoms with Crippen molar-refractivity contribution >= 4 is 21.9 Å². The monoisotopic (exact) mass is 257 g/mol. The Morgan fingerprint density at radius 1 is 1.36 bits per heavy atom. The molecule has 4 heteroatoms. The number of aliphatic carboxylic acids is 1. The number of carbonyl (C=O) groups is 1. The van der Waals surface area contributed by atoms with Crippen LogP contribution in [-0.2, 0) is 11.3 Å². The predicted octanol–water partition coefficient (Wildman–Crippen LogP) is -0.347. The molecule has 2 N–H and O–H groups in total. The van der Waals surface area contributed by atoms with Gasteiger partial charge in [-0.05, 0) is 12.1 Å². The highest BCUT2D eigenvalue weighted by molar-refractivity contribution is 9.10. The minimum absolute atomic E-state index is 0.108. The Bertz CT molecular complexity index is 297. The SMILES string of the molecule is O=C([O-])CC[NH2+]Cc1ccc(Br)cc1. The van der Waals surface area contributed by atoms with E-state index in [-0.39, 0.29) is 6.42 Å². The average Bonchev–Trinajstić information content (AvgIpc) is 2.15. The van der Waals surface area contributed by atoms with Crippen LogP contribution in [0, 0.1) is 0 Å². The summed E-state index contributed by atoms with van der Waals surface area (Å²) in [6.45, 7) is 1.37. The Hall–Kier alpha value is -0.870. The lowest BCUT2D eigenvalue weighted by Gasteiger charge is -2.02. The molecule has 0 fully saturated rings. The molecule has 0 unspecified atom stereocenters. The number of quaternary nitrogens is 1. The van der Waals surface area contributed by atoms with Crippen molar-refractivity contribution in [3.63, 3.8) is 0 Å². The summed E-state index contributed by atoms with van der Waals surface area (Å²) in [6, 6.07) is 7.98. The van der Waals surface area contributed by atoms with E-state index in [2.05, 4.69) is 15.9 Å². The lowest BCUT2D eigenvalue weighted by molar-refractivity contribution is -0.670. The largest absolute Gasteiger partial charge is 0.550 e. The molecule has 0 heterocycles. The Balaban J connectivity index is 2.25. The first-order valence-electron chi connectivity index (χ1n) is 4.44. The maximum absolute atomic E-state index is 10.1. The zero-order chi connectivity index (χ0) is 10.4. The van der Waals surface area contributed by atoms with Crippen LogP contribution in [0.1, 0.15) is 12.0 Å². The topological polar surface area (TPSA) is 56.7 Å². The molecule has 0 aliphatic rings. The number of hydrogen-bond acceptors (Lipinski definition) is 2. The maximum Gasteiger partial charge on any atom is 0.101 e. The Kier molecular flexibility index (Phi) is 4.62. The average molecular weight is 258 g/mol. The van der Waals surface area contributed by atoms with Gasteiger partial charge < -0.3 is 15.2 Å². The van der Waals surface area contributed by atoms with Gasteiger partial charge >= 0.3 is 0 Å². The van der Waals surface area contributed by atoms with E-state index in [9.17, 15) is 9.90 Å². The fourth-order valence-electron chi connectivity index (χ4n) is 1.11. The van der Waals surface area contributed by atoms with Crippen molar-refractivity contribution in [3.05, 3.63) is 34.3 Å². The van der Waals surface area contributed by atoms with Gasteiger partial charge in [0.05, 0.1) is 6.54 Å². The van der Waals surface area contributed by atoms with Gasteiger partial charge in [0.15, 0.2) is 0 Å². The molecule has 1 aromatic rings. The Morgan fingerprint density at radius 3 is 2.57 bits per heavy atom. The lowest BCUT2D eigenvalue weighted by atomic mass is 10.2. The second-order valence-corrected chi connectivity index (χ2v) is 3.95. The number of hydrogen-bond donors (Lipinski definition) is 1. The molecule has 0 radical (unpaired) electrons. The van der Waals surface area contributed by atoms with E-state index in [1.807, 2.05) is 29.6 Å². The predicted molar refractivity (Wildman–Crippen MR) is 54.3 cm³/mol. The van der Waals surface area contributed by atoms with Crippen LogP contribution in [0.4, 0.5) is 0 Å². The van der Waals surface area contributed by atoms with Crippen molar-refractivity contribution in [2.24, 2.45) is 0 Å². The van der Waals surface area contributed by atoms with Gasteiger partial charge in [-0.15, -0.1) is 0 Å². The van der Waals surface area contributed by atoms with Gasteiger partial charge in [0, 0.05) is 22.4 Å². The molecular weight excluding hydrogens is 246 g/mol. The number of halogens is 1. The summed E-state index contributed by atoms with van der Waals surface area (Å²) in [5, 5.41) is 12.1. The van der Waals surface area contributed by atoms with E-state index in [4.69, 9.17) is 0 Å². The molecule has 0 atom stereocenters. The number of benzene rings is 1. The first kappa shape index (κ1) is 11.2. The highest BCUT2D eigenvalue weighted by Crippen LogP contribution is 2.09. The van der Waals surface area contributed by atoms with E-state index in [1.165, 1.54) is 5.56 Å². The van der Waals surface area contributed by atoms with Crippen molar-refractivity contribution < 1.29 is 15.2 Å². The van der Waals surface area contributed by atoms with Gasteiger partial charge in [0.25, 0.3) is 0 Å². The molecule has 0 amide bonds. The van der Waals surface area contributed by atoms with Gasteiger partial charge in [-0.25, -0.2) is 0 Å². The van der Waals surface area contributed by atoms with Crippen LogP contribution in [0.2, 0.25) is 0 Å². The highest BCUT2D eigenvalue weighted by Gasteiger charge is 1.95. The smallest absolute Gasteiger partial charge is 0.101 e. The van der Waals surface area contributed by atoms with Crippen LogP contribution in [0.15, 0.2) is 28.7 Å². The first-order valence-corrected chi connectivity index (χ1v) is 5.24.